The summed E-state index contributed by atoms with van der Waals surface area (Å²) < 4.78 is 49.2. The van der Waals surface area contributed by atoms with Crippen LogP contribution in [0.4, 0.5) is 13.2 Å². The largest absolute Gasteiger partial charge is 0.573 e. The molecule has 172 valence electrons. The molecule has 1 aliphatic carbocycles. The zero-order chi connectivity index (χ0) is 23.8. The van der Waals surface area contributed by atoms with E-state index in [4.69, 9.17) is 10.00 Å². The van der Waals surface area contributed by atoms with E-state index in [1.807, 2.05) is 6.07 Å². The van der Waals surface area contributed by atoms with E-state index in [0.717, 1.165) is 36.3 Å². The molecule has 1 fully saturated rings. The van der Waals surface area contributed by atoms with Crippen molar-refractivity contribution >= 4 is 17.2 Å². The maximum absolute atomic E-state index is 12.9. The Hall–Kier alpha value is -3.66. The molecule has 1 saturated carbocycles. The van der Waals surface area contributed by atoms with Crippen molar-refractivity contribution in [2.24, 2.45) is 0 Å². The van der Waals surface area contributed by atoms with Gasteiger partial charge in [-0.2, -0.15) is 9.94 Å². The third-order valence-electron chi connectivity index (χ3n) is 4.46. The molecule has 1 aromatic carbocycles. The minimum absolute atomic E-state index is 0.0666. The lowest BCUT2D eigenvalue weighted by molar-refractivity contribution is -0.274. The molecular weight excluding hydrogens is 461 g/mol. The highest BCUT2D eigenvalue weighted by molar-refractivity contribution is 7.14. The molecule has 0 radical (unpaired) electrons. The second-order valence-electron chi connectivity index (χ2n) is 7.30. The van der Waals surface area contributed by atoms with Gasteiger partial charge in [-0.05, 0) is 38.8 Å². The predicted octanol–water partition coefficient (Wildman–Crippen LogP) is 3.83. The van der Waals surface area contributed by atoms with E-state index in [1.165, 1.54) is 16.9 Å². The average Bonchev–Trinajstić information content (AvgIpc) is 3.25. The Morgan fingerprint density at radius 3 is 2.70 bits per heavy atom. The van der Waals surface area contributed by atoms with Crippen LogP contribution in [0.25, 0.3) is 5.13 Å². The molecule has 13 heteroatoms. The van der Waals surface area contributed by atoms with Crippen LogP contribution in [-0.4, -0.2) is 38.1 Å². The number of carbonyl (C=O) groups excluding carboxylic acids is 1. The Kier molecular flexibility index (Phi) is 5.94. The summed E-state index contributed by atoms with van der Waals surface area (Å²) >= 11 is 1.10. The quantitative estimate of drug-likeness (QED) is 0.549. The van der Waals surface area contributed by atoms with Crippen LogP contribution in [-0.2, 0) is 0 Å². The lowest BCUT2D eigenvalue weighted by atomic mass is 10.1. The number of ether oxygens (including phenoxy) is 2. The lowest BCUT2D eigenvalue weighted by Crippen LogP contribution is -2.29. The molecule has 1 aliphatic rings. The molecule has 0 spiro atoms. The smallest absolute Gasteiger partial charge is 0.490 e. The summed E-state index contributed by atoms with van der Waals surface area (Å²) in [7, 11) is 0. The van der Waals surface area contributed by atoms with Crippen LogP contribution in [0.1, 0.15) is 52.7 Å². The first kappa shape index (κ1) is 22.5. The number of alkyl halides is 3. The van der Waals surface area contributed by atoms with Crippen LogP contribution in [0.15, 0.2) is 24.4 Å². The molecule has 3 aromatic rings. The van der Waals surface area contributed by atoms with Crippen molar-refractivity contribution in [1.82, 2.24) is 25.1 Å². The number of nitriles is 1. The molecule has 0 saturated heterocycles. The maximum Gasteiger partial charge on any atom is 0.573 e. The summed E-state index contributed by atoms with van der Waals surface area (Å²) in [5.41, 5.74) is -0.0666. The zero-order valence-electron chi connectivity index (χ0n) is 17.4. The van der Waals surface area contributed by atoms with Gasteiger partial charge in [-0.25, -0.2) is 9.97 Å². The van der Waals surface area contributed by atoms with Gasteiger partial charge in [0, 0.05) is 11.6 Å². The topological polar surface area (TPSA) is 115 Å². The van der Waals surface area contributed by atoms with E-state index in [9.17, 15) is 18.0 Å². The molecule has 9 nitrogen and oxygen atoms in total. The SMILES string of the molecule is Cc1nc([C@H](C)NC(=O)c2cc(OC3CC3)cc(OC(F)(F)F)c2)n(-c2ncc(C#N)s2)n1. The second-order valence-corrected chi connectivity index (χ2v) is 8.31. The zero-order valence-corrected chi connectivity index (χ0v) is 18.2. The number of nitrogens with one attached hydrogen (secondary N) is 1. The van der Waals surface area contributed by atoms with Crippen molar-refractivity contribution in [3.63, 3.8) is 0 Å². The Morgan fingerprint density at radius 1 is 1.33 bits per heavy atom. The number of nitrogens with zero attached hydrogens (tertiary/aromatic N) is 5. The summed E-state index contributed by atoms with van der Waals surface area (Å²) in [5, 5.41) is 16.4. The van der Waals surface area contributed by atoms with Crippen molar-refractivity contribution in [3.05, 3.63) is 46.5 Å². The van der Waals surface area contributed by atoms with Crippen molar-refractivity contribution in [2.75, 3.05) is 0 Å². The van der Waals surface area contributed by atoms with Crippen LogP contribution in [0.5, 0.6) is 11.5 Å². The van der Waals surface area contributed by atoms with Gasteiger partial charge in [0.1, 0.15) is 28.3 Å². The fraction of sp³-hybridized carbons (Fsp3) is 0.350. The first-order valence-corrected chi connectivity index (χ1v) is 10.6. The number of aryl methyl sites for hydroxylation is 1. The number of hydrogen-bond acceptors (Lipinski definition) is 8. The monoisotopic (exact) mass is 478 g/mol. The molecule has 0 unspecified atom stereocenters. The lowest BCUT2D eigenvalue weighted by Gasteiger charge is -2.16. The normalized spacial score (nSPS) is 14.4. The van der Waals surface area contributed by atoms with E-state index >= 15 is 0 Å². The third kappa shape index (κ3) is 5.58. The van der Waals surface area contributed by atoms with Gasteiger partial charge in [-0.15, -0.1) is 18.3 Å². The van der Waals surface area contributed by atoms with Crippen LogP contribution < -0.4 is 14.8 Å². The van der Waals surface area contributed by atoms with E-state index in [0.29, 0.717) is 21.7 Å². The molecular formula is C20H17F3N6O3S. The predicted molar refractivity (Wildman–Crippen MR) is 109 cm³/mol. The van der Waals surface area contributed by atoms with E-state index < -0.39 is 24.1 Å². The summed E-state index contributed by atoms with van der Waals surface area (Å²) in [6.45, 7) is 3.31. The van der Waals surface area contributed by atoms with Gasteiger partial charge in [0.05, 0.1) is 18.3 Å². The second kappa shape index (κ2) is 8.70. The Labute approximate surface area is 189 Å². The minimum Gasteiger partial charge on any atom is -0.490 e. The average molecular weight is 478 g/mol. The maximum atomic E-state index is 12.9. The number of halogens is 3. The third-order valence-corrected chi connectivity index (χ3v) is 5.34. The first-order valence-electron chi connectivity index (χ1n) is 9.79. The number of amides is 1. The molecule has 1 amide bonds. The summed E-state index contributed by atoms with van der Waals surface area (Å²) in [6.07, 6.45) is -2.01. The fourth-order valence-corrected chi connectivity index (χ4v) is 3.63. The molecule has 2 heterocycles. The van der Waals surface area contributed by atoms with Gasteiger partial charge in [0.25, 0.3) is 5.91 Å². The highest BCUT2D eigenvalue weighted by atomic mass is 32.1. The highest BCUT2D eigenvalue weighted by Crippen LogP contribution is 2.32. The standard InChI is InChI=1S/C20H17F3N6O3S/c1-10(17-27-11(2)28-29(17)19-25-9-16(8-24)33-19)26-18(30)12-5-14(31-13-3-4-13)7-15(6-12)32-20(21,22)23/h5-7,9-10,13H,3-4H2,1-2H3,(H,26,30)/t10-/m0/s1. The Balaban J connectivity index is 1.58. The molecule has 0 aliphatic heterocycles. The molecule has 0 bridgehead atoms. The highest BCUT2D eigenvalue weighted by Gasteiger charge is 2.32. The van der Waals surface area contributed by atoms with Crippen molar-refractivity contribution in [3.8, 4) is 22.7 Å². The van der Waals surface area contributed by atoms with Gasteiger partial charge in [0.15, 0.2) is 5.82 Å². The van der Waals surface area contributed by atoms with Gasteiger partial charge in [-0.3, -0.25) is 4.79 Å². The van der Waals surface area contributed by atoms with Crippen molar-refractivity contribution in [1.29, 1.82) is 5.26 Å². The number of hydrogen-bond donors (Lipinski definition) is 1. The Morgan fingerprint density at radius 2 is 2.06 bits per heavy atom. The number of aromatic nitrogens is 4. The minimum atomic E-state index is -4.91. The molecule has 1 N–H and O–H groups in total. The molecule has 33 heavy (non-hydrogen) atoms. The van der Waals surface area contributed by atoms with Crippen LogP contribution in [0, 0.1) is 18.3 Å². The number of benzene rings is 1. The van der Waals surface area contributed by atoms with E-state index in [-0.39, 0.29) is 17.4 Å². The van der Waals surface area contributed by atoms with Gasteiger partial charge in [0.2, 0.25) is 5.13 Å². The molecule has 1 atom stereocenters. The van der Waals surface area contributed by atoms with Gasteiger partial charge in [-0.1, -0.05) is 11.3 Å². The molecule has 2 aromatic heterocycles. The van der Waals surface area contributed by atoms with Gasteiger partial charge < -0.3 is 14.8 Å². The number of carbonyl (C=O) groups is 1. The van der Waals surface area contributed by atoms with E-state index in [2.05, 4.69) is 25.1 Å². The summed E-state index contributed by atoms with van der Waals surface area (Å²) in [6, 6.07) is 4.76. The fourth-order valence-electron chi connectivity index (χ4n) is 2.95. The van der Waals surface area contributed by atoms with Crippen LogP contribution in [0.3, 0.4) is 0 Å². The van der Waals surface area contributed by atoms with Crippen LogP contribution >= 0.6 is 11.3 Å². The summed E-state index contributed by atoms with van der Waals surface area (Å²) in [4.78, 5) is 21.7. The van der Waals surface area contributed by atoms with Crippen molar-refractivity contribution in [2.45, 2.75) is 45.2 Å². The summed E-state index contributed by atoms with van der Waals surface area (Å²) in [5.74, 6) is -0.329. The number of thiazole rings is 1. The van der Waals surface area contributed by atoms with Crippen molar-refractivity contribution < 1.29 is 27.4 Å². The Bertz CT molecular complexity index is 1230. The molecule has 4 rings (SSSR count). The van der Waals surface area contributed by atoms with Gasteiger partial charge >= 0.3 is 6.36 Å². The van der Waals surface area contributed by atoms with Crippen LogP contribution in [0.2, 0.25) is 0 Å². The van der Waals surface area contributed by atoms with E-state index in [1.54, 1.807) is 13.8 Å². The first-order chi connectivity index (χ1) is 15.6. The number of rotatable bonds is 7.